The molecule has 2 aromatic rings. The molecule has 0 saturated heterocycles. The Hall–Kier alpha value is -2.12. The largest absolute Gasteiger partial charge is 0.383 e. The summed E-state index contributed by atoms with van der Waals surface area (Å²) in [4.78, 5) is 6.05. The van der Waals surface area contributed by atoms with E-state index in [1.165, 1.54) is 12.3 Å². The third-order valence-electron chi connectivity index (χ3n) is 3.80. The molecule has 1 heterocycles. The third-order valence-corrected chi connectivity index (χ3v) is 5.19. The van der Waals surface area contributed by atoms with Gasteiger partial charge in [0.15, 0.2) is 0 Å². The minimum Gasteiger partial charge on any atom is -0.383 e. The molecule has 7 heteroatoms. The molecular formula is C16H22N4O2S. The molecule has 0 aliphatic carbocycles. The van der Waals surface area contributed by atoms with Gasteiger partial charge in [-0.05, 0) is 37.6 Å². The fraction of sp³-hybridized carbons (Fsp3) is 0.312. The van der Waals surface area contributed by atoms with Crippen LogP contribution in [0.4, 0.5) is 11.5 Å². The van der Waals surface area contributed by atoms with Gasteiger partial charge < -0.3 is 10.6 Å². The van der Waals surface area contributed by atoms with Crippen molar-refractivity contribution < 1.29 is 8.42 Å². The molecular weight excluding hydrogens is 312 g/mol. The highest BCUT2D eigenvalue weighted by Gasteiger charge is 2.18. The van der Waals surface area contributed by atoms with Crippen LogP contribution in [-0.2, 0) is 10.0 Å². The zero-order valence-electron chi connectivity index (χ0n) is 13.5. The van der Waals surface area contributed by atoms with Gasteiger partial charge in [-0.15, -0.1) is 0 Å². The van der Waals surface area contributed by atoms with Crippen LogP contribution < -0.4 is 15.4 Å². The Morgan fingerprint density at radius 3 is 2.57 bits per heavy atom. The Balaban J connectivity index is 2.05. The molecule has 1 unspecified atom stereocenters. The summed E-state index contributed by atoms with van der Waals surface area (Å²) in [6.45, 7) is 3.98. The van der Waals surface area contributed by atoms with E-state index in [1.807, 2.05) is 49.2 Å². The maximum Gasteiger partial charge on any atom is 0.242 e. The van der Waals surface area contributed by atoms with Crippen molar-refractivity contribution in [2.45, 2.75) is 24.8 Å². The molecule has 0 fully saturated rings. The average molecular weight is 334 g/mol. The van der Waals surface area contributed by atoms with Gasteiger partial charge in [0.25, 0.3) is 0 Å². The van der Waals surface area contributed by atoms with Gasteiger partial charge >= 0.3 is 0 Å². The summed E-state index contributed by atoms with van der Waals surface area (Å²) in [5.74, 6) is 0.334. The summed E-state index contributed by atoms with van der Waals surface area (Å²) in [6, 6.07) is 11.3. The van der Waals surface area contributed by atoms with Gasteiger partial charge in [-0.1, -0.05) is 18.2 Å². The second-order valence-corrected chi connectivity index (χ2v) is 7.29. The van der Waals surface area contributed by atoms with Crippen molar-refractivity contribution in [3.8, 4) is 0 Å². The number of hydrogen-bond acceptors (Lipinski definition) is 5. The Bertz CT molecular complexity index is 763. The summed E-state index contributed by atoms with van der Waals surface area (Å²) >= 11 is 0. The van der Waals surface area contributed by atoms with Gasteiger partial charge in [0.1, 0.15) is 10.7 Å². The van der Waals surface area contributed by atoms with Crippen LogP contribution in [0.1, 0.15) is 12.5 Å². The number of nitrogen functional groups attached to an aromatic ring is 1. The molecule has 0 bridgehead atoms. The number of aryl methyl sites for hydroxylation is 1. The number of aromatic nitrogens is 1. The lowest BCUT2D eigenvalue weighted by atomic mass is 10.2. The number of benzene rings is 1. The molecule has 0 aliphatic heterocycles. The predicted octanol–water partition coefficient (Wildman–Crippen LogP) is 1.78. The van der Waals surface area contributed by atoms with E-state index in [2.05, 4.69) is 9.71 Å². The highest BCUT2D eigenvalue weighted by atomic mass is 32.2. The molecule has 1 atom stereocenters. The van der Waals surface area contributed by atoms with Crippen molar-refractivity contribution in [2.24, 2.45) is 0 Å². The molecule has 0 saturated carbocycles. The quantitative estimate of drug-likeness (QED) is 0.840. The van der Waals surface area contributed by atoms with Crippen LogP contribution in [0.25, 0.3) is 0 Å². The number of sulfonamides is 1. The molecule has 23 heavy (non-hydrogen) atoms. The molecule has 3 N–H and O–H groups in total. The van der Waals surface area contributed by atoms with Gasteiger partial charge in [-0.25, -0.2) is 18.1 Å². The van der Waals surface area contributed by atoms with Gasteiger partial charge in [0, 0.05) is 31.5 Å². The minimum atomic E-state index is -3.61. The molecule has 124 valence electrons. The summed E-state index contributed by atoms with van der Waals surface area (Å²) < 4.78 is 27.3. The number of pyridine rings is 1. The van der Waals surface area contributed by atoms with E-state index in [-0.39, 0.29) is 17.5 Å². The summed E-state index contributed by atoms with van der Waals surface area (Å²) in [7, 11) is -1.67. The van der Waals surface area contributed by atoms with E-state index in [4.69, 9.17) is 5.73 Å². The standard InChI is InChI=1S/C16H22N4O2S/c1-12-9-15(11-18-16(12)17)23(21,22)19-10-13(2)20(3)14-7-5-4-6-8-14/h4-9,11,13,19H,10H2,1-3H3,(H2,17,18). The van der Waals surface area contributed by atoms with Gasteiger partial charge in [-0.3, -0.25) is 0 Å². The lowest BCUT2D eigenvalue weighted by molar-refractivity contribution is 0.569. The number of nitrogens with two attached hydrogens (primary N) is 1. The van der Waals surface area contributed by atoms with Crippen LogP contribution in [-0.4, -0.2) is 33.0 Å². The highest BCUT2D eigenvalue weighted by Crippen LogP contribution is 2.16. The number of para-hydroxylation sites is 1. The number of rotatable bonds is 6. The Morgan fingerprint density at radius 1 is 1.30 bits per heavy atom. The normalized spacial score (nSPS) is 12.8. The van der Waals surface area contributed by atoms with Crippen molar-refractivity contribution in [1.29, 1.82) is 0 Å². The SMILES string of the molecule is Cc1cc(S(=O)(=O)NCC(C)N(C)c2ccccc2)cnc1N. The maximum absolute atomic E-state index is 12.3. The van der Waals surface area contributed by atoms with Crippen molar-refractivity contribution in [1.82, 2.24) is 9.71 Å². The van der Waals surface area contributed by atoms with Crippen LogP contribution in [0.3, 0.4) is 0 Å². The molecule has 0 aliphatic rings. The monoisotopic (exact) mass is 334 g/mol. The number of nitrogens with zero attached hydrogens (tertiary/aromatic N) is 2. The lowest BCUT2D eigenvalue weighted by Crippen LogP contribution is -2.40. The van der Waals surface area contributed by atoms with E-state index >= 15 is 0 Å². The van der Waals surface area contributed by atoms with Crippen molar-refractivity contribution >= 4 is 21.5 Å². The Morgan fingerprint density at radius 2 is 1.96 bits per heavy atom. The van der Waals surface area contributed by atoms with Crippen LogP contribution in [0.15, 0.2) is 47.5 Å². The van der Waals surface area contributed by atoms with E-state index in [0.717, 1.165) is 5.69 Å². The van der Waals surface area contributed by atoms with Crippen LogP contribution in [0, 0.1) is 6.92 Å². The van der Waals surface area contributed by atoms with Crippen LogP contribution >= 0.6 is 0 Å². The van der Waals surface area contributed by atoms with E-state index in [9.17, 15) is 8.42 Å². The van der Waals surface area contributed by atoms with Crippen LogP contribution in [0.2, 0.25) is 0 Å². The topological polar surface area (TPSA) is 88.3 Å². The highest BCUT2D eigenvalue weighted by molar-refractivity contribution is 7.89. The number of likely N-dealkylation sites (N-methyl/N-ethyl adjacent to an activating group) is 1. The van der Waals surface area contributed by atoms with E-state index in [0.29, 0.717) is 11.4 Å². The first-order chi connectivity index (χ1) is 10.8. The fourth-order valence-corrected chi connectivity index (χ4v) is 3.23. The molecule has 6 nitrogen and oxygen atoms in total. The molecule has 0 amide bonds. The minimum absolute atomic E-state index is 0.00462. The van der Waals surface area contributed by atoms with E-state index < -0.39 is 10.0 Å². The fourth-order valence-electron chi connectivity index (χ4n) is 2.07. The van der Waals surface area contributed by atoms with Crippen molar-refractivity contribution in [2.75, 3.05) is 24.2 Å². The third kappa shape index (κ3) is 4.20. The summed E-state index contributed by atoms with van der Waals surface area (Å²) in [5.41, 5.74) is 7.30. The Kier molecular flexibility index (Phi) is 5.23. The first-order valence-corrected chi connectivity index (χ1v) is 8.79. The zero-order valence-corrected chi connectivity index (χ0v) is 14.3. The van der Waals surface area contributed by atoms with Crippen LogP contribution in [0.5, 0.6) is 0 Å². The number of anilines is 2. The second kappa shape index (κ2) is 6.97. The van der Waals surface area contributed by atoms with Crippen molar-refractivity contribution in [3.05, 3.63) is 48.2 Å². The second-order valence-electron chi connectivity index (χ2n) is 5.52. The predicted molar refractivity (Wildman–Crippen MR) is 92.9 cm³/mol. The zero-order chi connectivity index (χ0) is 17.0. The van der Waals surface area contributed by atoms with Crippen molar-refractivity contribution in [3.63, 3.8) is 0 Å². The first-order valence-electron chi connectivity index (χ1n) is 7.31. The summed E-state index contributed by atoms with van der Waals surface area (Å²) in [6.07, 6.45) is 1.27. The smallest absolute Gasteiger partial charge is 0.242 e. The van der Waals surface area contributed by atoms with Gasteiger partial charge in [-0.2, -0.15) is 0 Å². The number of hydrogen-bond donors (Lipinski definition) is 2. The number of nitrogens with one attached hydrogen (secondary N) is 1. The maximum atomic E-state index is 12.3. The lowest BCUT2D eigenvalue weighted by Gasteiger charge is -2.27. The molecule has 1 aromatic carbocycles. The van der Waals surface area contributed by atoms with E-state index in [1.54, 1.807) is 6.92 Å². The van der Waals surface area contributed by atoms with Gasteiger partial charge in [0.05, 0.1) is 0 Å². The Labute approximate surface area is 137 Å². The molecule has 0 spiro atoms. The molecule has 0 radical (unpaired) electrons. The van der Waals surface area contributed by atoms with Gasteiger partial charge in [0.2, 0.25) is 10.0 Å². The average Bonchev–Trinajstić information content (AvgIpc) is 2.55. The molecule has 2 rings (SSSR count). The molecule has 1 aromatic heterocycles. The first kappa shape index (κ1) is 17.2. The summed E-state index contributed by atoms with van der Waals surface area (Å²) in [5, 5.41) is 0.